The van der Waals surface area contributed by atoms with Crippen molar-refractivity contribution in [2.24, 2.45) is 11.8 Å². The topological polar surface area (TPSA) is 91.3 Å². The average Bonchev–Trinajstić information content (AvgIpc) is 2.57. The van der Waals surface area contributed by atoms with Gasteiger partial charge in [-0.1, -0.05) is 19.1 Å². The van der Waals surface area contributed by atoms with E-state index in [0.29, 0.717) is 6.42 Å². The first kappa shape index (κ1) is 25.0. The van der Waals surface area contributed by atoms with Crippen LogP contribution < -0.4 is 0 Å². The van der Waals surface area contributed by atoms with E-state index < -0.39 is 32.1 Å². The Kier molecular flexibility index (Phi) is 9.42. The lowest BCUT2D eigenvalue weighted by molar-refractivity contribution is -0.0168. The van der Waals surface area contributed by atoms with Crippen LogP contribution in [-0.4, -0.2) is 42.5 Å². The third-order valence-corrected chi connectivity index (χ3v) is 10.6. The summed E-state index contributed by atoms with van der Waals surface area (Å²) in [5.74, 6) is -0.888. The molecule has 0 aromatic rings. The zero-order valence-corrected chi connectivity index (χ0v) is 19.3. The molecule has 0 heterocycles. The molecule has 160 valence electrons. The molecule has 0 amide bonds. The van der Waals surface area contributed by atoms with Gasteiger partial charge in [-0.15, -0.1) is 0 Å². The lowest BCUT2D eigenvalue weighted by Gasteiger charge is -2.49. The summed E-state index contributed by atoms with van der Waals surface area (Å²) in [7, 11) is -7.45. The fourth-order valence-electron chi connectivity index (χ4n) is 3.76. The Labute approximate surface area is 163 Å². The Morgan fingerprint density at radius 1 is 1.04 bits per heavy atom. The summed E-state index contributed by atoms with van der Waals surface area (Å²) in [4.78, 5) is 0. The maximum atomic E-state index is 13.6. The number of hydrogen-bond acceptors (Lipinski definition) is 7. The molecule has 1 aliphatic carbocycles. The van der Waals surface area contributed by atoms with Gasteiger partial charge in [-0.3, -0.25) is 9.13 Å². The molecule has 0 saturated heterocycles. The van der Waals surface area contributed by atoms with Crippen LogP contribution in [0.2, 0.25) is 0 Å². The van der Waals surface area contributed by atoms with Gasteiger partial charge in [0.05, 0.1) is 32.1 Å². The number of rotatable bonds is 11. The van der Waals surface area contributed by atoms with Gasteiger partial charge in [0.1, 0.15) is 0 Å². The number of hydrogen-bond donors (Lipinski definition) is 1. The van der Waals surface area contributed by atoms with E-state index >= 15 is 0 Å². The predicted molar refractivity (Wildman–Crippen MR) is 107 cm³/mol. The second-order valence-corrected chi connectivity index (χ2v) is 11.5. The largest absolute Gasteiger partial charge is 0.377 e. The molecule has 0 aliphatic heterocycles. The second-order valence-electron chi connectivity index (χ2n) is 6.93. The first-order chi connectivity index (χ1) is 12.5. The van der Waals surface area contributed by atoms with Crippen LogP contribution in [0.3, 0.4) is 0 Å². The van der Waals surface area contributed by atoms with Gasteiger partial charge >= 0.3 is 15.2 Å². The summed E-state index contributed by atoms with van der Waals surface area (Å²) in [5.41, 5.74) is 0.163. The average molecular weight is 426 g/mol. The lowest BCUT2D eigenvalue weighted by atomic mass is 9.77. The minimum Gasteiger partial charge on any atom is -0.377 e. The molecule has 1 aliphatic rings. The van der Waals surface area contributed by atoms with E-state index in [1.165, 1.54) is 0 Å². The summed E-state index contributed by atoms with van der Waals surface area (Å²) in [5, 5.41) is 9.81. The van der Waals surface area contributed by atoms with E-state index in [9.17, 15) is 14.2 Å². The summed E-state index contributed by atoms with van der Waals surface area (Å²) in [6.45, 7) is 15.1. The highest BCUT2D eigenvalue weighted by Gasteiger charge is 2.62. The maximum absolute atomic E-state index is 13.6. The van der Waals surface area contributed by atoms with E-state index in [1.807, 2.05) is 6.92 Å². The van der Waals surface area contributed by atoms with Crippen molar-refractivity contribution in [1.29, 1.82) is 0 Å². The molecule has 0 spiro atoms. The molecule has 1 N–H and O–H groups in total. The quantitative estimate of drug-likeness (QED) is 0.359. The molecule has 7 nitrogen and oxygen atoms in total. The van der Waals surface area contributed by atoms with Crippen LogP contribution in [0.25, 0.3) is 0 Å². The Morgan fingerprint density at radius 3 is 1.85 bits per heavy atom. The Hall–Kier alpha value is -0.0000000000000000971. The molecule has 0 aromatic heterocycles. The SMILES string of the molecule is C=C(C)[C@@H]1C[C@@H](P(=O)(OCC)OCC)[C@@H](C)[C@](O)(P(=O)(OCC)OCC)C1. The van der Waals surface area contributed by atoms with Gasteiger partial charge in [-0.05, 0) is 53.4 Å². The van der Waals surface area contributed by atoms with Gasteiger partial charge in [0.15, 0.2) is 5.34 Å². The van der Waals surface area contributed by atoms with Gasteiger partial charge in [0, 0.05) is 5.92 Å². The highest BCUT2D eigenvalue weighted by atomic mass is 31.2. The van der Waals surface area contributed by atoms with Crippen LogP contribution in [0.15, 0.2) is 12.2 Å². The van der Waals surface area contributed by atoms with E-state index in [-0.39, 0.29) is 38.8 Å². The molecule has 0 aromatic carbocycles. The fraction of sp³-hybridized carbons (Fsp3) is 0.889. The number of allylic oxidation sites excluding steroid dienone is 1. The molecule has 1 rings (SSSR count). The third kappa shape index (κ3) is 5.14. The molecular weight excluding hydrogens is 390 g/mol. The van der Waals surface area contributed by atoms with Gasteiger partial charge < -0.3 is 23.2 Å². The summed E-state index contributed by atoms with van der Waals surface area (Å²) in [6.07, 6.45) is 0.629. The van der Waals surface area contributed by atoms with Crippen LogP contribution in [0.5, 0.6) is 0 Å². The van der Waals surface area contributed by atoms with Crippen molar-refractivity contribution < 1.29 is 32.3 Å². The molecule has 1 saturated carbocycles. The summed E-state index contributed by atoms with van der Waals surface area (Å²) >= 11 is 0. The minimum atomic E-state index is -3.90. The maximum Gasteiger partial charge on any atom is 0.362 e. The zero-order chi connectivity index (χ0) is 20.9. The molecule has 1 fully saturated rings. The van der Waals surface area contributed by atoms with Gasteiger partial charge in [0.25, 0.3) is 0 Å². The smallest absolute Gasteiger partial charge is 0.362 e. The van der Waals surface area contributed by atoms with Gasteiger partial charge in [-0.2, -0.15) is 0 Å². The zero-order valence-electron chi connectivity index (χ0n) is 17.5. The third-order valence-electron chi connectivity index (χ3n) is 5.17. The van der Waals surface area contributed by atoms with Crippen molar-refractivity contribution in [2.45, 2.75) is 65.4 Å². The van der Waals surface area contributed by atoms with E-state index in [1.54, 1.807) is 34.6 Å². The van der Waals surface area contributed by atoms with Crippen molar-refractivity contribution in [3.05, 3.63) is 12.2 Å². The molecular formula is C18H36O7P2. The van der Waals surface area contributed by atoms with Crippen LogP contribution in [0.4, 0.5) is 0 Å². The molecule has 27 heavy (non-hydrogen) atoms. The van der Waals surface area contributed by atoms with E-state index in [0.717, 1.165) is 5.57 Å². The Bertz CT molecular complexity index is 574. The van der Waals surface area contributed by atoms with Crippen LogP contribution in [0.1, 0.15) is 54.4 Å². The molecule has 4 atom stereocenters. The van der Waals surface area contributed by atoms with E-state index in [2.05, 4.69) is 6.58 Å². The van der Waals surface area contributed by atoms with Crippen molar-refractivity contribution in [1.82, 2.24) is 0 Å². The Balaban J connectivity index is 3.49. The van der Waals surface area contributed by atoms with Crippen molar-refractivity contribution >= 4 is 15.2 Å². The van der Waals surface area contributed by atoms with Crippen molar-refractivity contribution in [3.63, 3.8) is 0 Å². The summed E-state index contributed by atoms with van der Waals surface area (Å²) in [6, 6.07) is 0. The van der Waals surface area contributed by atoms with Gasteiger partial charge in [-0.25, -0.2) is 0 Å². The van der Waals surface area contributed by atoms with Gasteiger partial charge in [0.2, 0.25) is 0 Å². The van der Waals surface area contributed by atoms with Crippen LogP contribution in [0, 0.1) is 11.8 Å². The number of aliphatic hydroxyl groups is 1. The highest BCUT2D eigenvalue weighted by molar-refractivity contribution is 7.56. The minimum absolute atomic E-state index is 0.128. The molecule has 0 radical (unpaired) electrons. The molecule has 0 bridgehead atoms. The highest BCUT2D eigenvalue weighted by Crippen LogP contribution is 2.71. The lowest BCUT2D eigenvalue weighted by Crippen LogP contribution is -2.50. The first-order valence-corrected chi connectivity index (χ1v) is 12.9. The Morgan fingerprint density at radius 2 is 1.48 bits per heavy atom. The monoisotopic (exact) mass is 426 g/mol. The van der Waals surface area contributed by atoms with E-state index in [4.69, 9.17) is 18.1 Å². The normalized spacial score (nSPS) is 29.7. The van der Waals surface area contributed by atoms with Crippen LogP contribution >= 0.6 is 15.2 Å². The van der Waals surface area contributed by atoms with Crippen LogP contribution in [-0.2, 0) is 27.2 Å². The van der Waals surface area contributed by atoms with Crippen molar-refractivity contribution in [2.75, 3.05) is 26.4 Å². The summed E-state index contributed by atoms with van der Waals surface area (Å²) < 4.78 is 49.1. The van der Waals surface area contributed by atoms with Crippen molar-refractivity contribution in [3.8, 4) is 0 Å². The molecule has 9 heteroatoms. The predicted octanol–water partition coefficient (Wildman–Crippen LogP) is 5.20. The second kappa shape index (κ2) is 10.2. The molecule has 0 unspecified atom stereocenters. The standard InChI is InChI=1S/C18H36O7P2/c1-8-22-26(20,23-9-2)17-12-16(14(5)6)13-18(19,15(17)7)27(21,24-10-3)25-11-4/h15-17,19H,5,8-13H2,1-4,6-7H3/t15-,16-,17-,18-/m1/s1. The first-order valence-electron chi connectivity index (χ1n) is 9.70. The fourth-order valence-corrected chi connectivity index (χ4v) is 8.69.